The average Bonchev–Trinajstić information content (AvgIpc) is 2.82. The molecule has 7 nitrogen and oxygen atoms in total. The van der Waals surface area contributed by atoms with Crippen molar-refractivity contribution in [3.8, 4) is 0 Å². The van der Waals surface area contributed by atoms with Gasteiger partial charge in [-0.15, -0.1) is 0 Å². The van der Waals surface area contributed by atoms with E-state index in [-0.39, 0.29) is 11.3 Å². The van der Waals surface area contributed by atoms with Gasteiger partial charge in [0.15, 0.2) is 0 Å². The highest BCUT2D eigenvalue weighted by Gasteiger charge is 2.40. The summed E-state index contributed by atoms with van der Waals surface area (Å²) in [5.41, 5.74) is 1.68. The lowest BCUT2D eigenvalue weighted by atomic mass is 9.92. The second-order valence-corrected chi connectivity index (χ2v) is 8.28. The van der Waals surface area contributed by atoms with E-state index >= 15 is 0 Å². The van der Waals surface area contributed by atoms with Gasteiger partial charge in [-0.05, 0) is 27.1 Å². The van der Waals surface area contributed by atoms with Crippen LogP contribution >= 0.6 is 0 Å². The van der Waals surface area contributed by atoms with Gasteiger partial charge in [0.25, 0.3) is 0 Å². The van der Waals surface area contributed by atoms with Gasteiger partial charge in [0.05, 0.1) is 24.1 Å². The Morgan fingerprint density at radius 1 is 1.44 bits per heavy atom. The molecule has 2 aliphatic rings. The molecular formula is C18H30N6O. The standard InChI is InChI=1S/C18H30N6O/c1-13-9-23(14(8-19-13)10-22(4)5)11-16(25)24-12-18(2,3)17-15(24)6-7-20-21-17/h6-7,13-14,19H,8-12H2,1-5H3/t13?,14-/m1/s1. The van der Waals surface area contributed by atoms with Gasteiger partial charge >= 0.3 is 0 Å². The summed E-state index contributed by atoms with van der Waals surface area (Å²) in [5.74, 6) is 0.151. The van der Waals surface area contributed by atoms with Gasteiger partial charge in [-0.1, -0.05) is 13.8 Å². The summed E-state index contributed by atoms with van der Waals surface area (Å²) in [6.07, 6.45) is 1.67. The van der Waals surface area contributed by atoms with Crippen molar-refractivity contribution in [2.24, 2.45) is 0 Å². The van der Waals surface area contributed by atoms with E-state index in [9.17, 15) is 4.79 Å². The van der Waals surface area contributed by atoms with Crippen molar-refractivity contribution in [2.45, 2.75) is 38.3 Å². The maximum absolute atomic E-state index is 13.1. The van der Waals surface area contributed by atoms with Crippen molar-refractivity contribution in [3.05, 3.63) is 18.0 Å². The number of carbonyl (C=O) groups excluding carboxylic acids is 1. The minimum absolute atomic E-state index is 0.151. The molecule has 1 aromatic rings. The lowest BCUT2D eigenvalue weighted by Crippen LogP contribution is -2.60. The molecule has 0 saturated carbocycles. The normalized spacial score (nSPS) is 26.1. The fraction of sp³-hybridized carbons (Fsp3) is 0.722. The lowest BCUT2D eigenvalue weighted by Gasteiger charge is -2.40. The lowest BCUT2D eigenvalue weighted by molar-refractivity contribution is -0.120. The van der Waals surface area contributed by atoms with Gasteiger partial charge in [-0.25, -0.2) is 0 Å². The van der Waals surface area contributed by atoms with Crippen molar-refractivity contribution in [1.82, 2.24) is 25.3 Å². The molecule has 0 aromatic carbocycles. The molecule has 1 amide bonds. The van der Waals surface area contributed by atoms with E-state index in [1.54, 1.807) is 6.20 Å². The van der Waals surface area contributed by atoms with Gasteiger partial charge < -0.3 is 15.1 Å². The Morgan fingerprint density at radius 3 is 2.92 bits per heavy atom. The molecule has 138 valence electrons. The van der Waals surface area contributed by atoms with Crippen molar-refractivity contribution in [2.75, 3.05) is 51.7 Å². The zero-order chi connectivity index (χ0) is 18.2. The minimum Gasteiger partial charge on any atom is -0.311 e. The molecule has 1 fully saturated rings. The van der Waals surface area contributed by atoms with Gasteiger partial charge in [0.1, 0.15) is 0 Å². The second-order valence-electron chi connectivity index (χ2n) is 8.28. The molecule has 3 heterocycles. The molecule has 2 atom stereocenters. The Labute approximate surface area is 150 Å². The molecule has 1 aromatic heterocycles. The van der Waals surface area contributed by atoms with Crippen LogP contribution in [0.15, 0.2) is 12.3 Å². The third kappa shape index (κ3) is 3.83. The fourth-order valence-electron chi connectivity index (χ4n) is 3.89. The largest absolute Gasteiger partial charge is 0.311 e. The highest BCUT2D eigenvalue weighted by Crippen LogP contribution is 2.38. The SMILES string of the molecule is CC1CN(CC(=O)N2CC(C)(C)c3nnccc32)[C@@H](CN(C)C)CN1. The number of hydrogen-bond acceptors (Lipinski definition) is 6. The average molecular weight is 346 g/mol. The maximum Gasteiger partial charge on any atom is 0.241 e. The molecule has 2 aliphatic heterocycles. The third-order valence-electron chi connectivity index (χ3n) is 5.13. The predicted molar refractivity (Wildman–Crippen MR) is 98.8 cm³/mol. The number of aromatic nitrogens is 2. The number of anilines is 1. The third-order valence-corrected chi connectivity index (χ3v) is 5.13. The van der Waals surface area contributed by atoms with Crippen LogP contribution in [0.1, 0.15) is 26.5 Å². The summed E-state index contributed by atoms with van der Waals surface area (Å²) >= 11 is 0. The van der Waals surface area contributed by atoms with Crippen LogP contribution in [0, 0.1) is 0 Å². The zero-order valence-electron chi connectivity index (χ0n) is 16.0. The van der Waals surface area contributed by atoms with Gasteiger partial charge in [0.2, 0.25) is 5.91 Å². The van der Waals surface area contributed by atoms with Crippen LogP contribution in [0.25, 0.3) is 0 Å². The fourth-order valence-corrected chi connectivity index (χ4v) is 3.89. The Bertz CT molecular complexity index is 632. The maximum atomic E-state index is 13.1. The first kappa shape index (κ1) is 18.2. The first-order valence-electron chi connectivity index (χ1n) is 9.02. The Morgan fingerprint density at radius 2 is 2.20 bits per heavy atom. The molecule has 0 radical (unpaired) electrons. The quantitative estimate of drug-likeness (QED) is 0.847. The first-order valence-corrected chi connectivity index (χ1v) is 9.02. The number of amides is 1. The molecule has 0 spiro atoms. The van der Waals surface area contributed by atoms with Crippen molar-refractivity contribution in [1.29, 1.82) is 0 Å². The van der Waals surface area contributed by atoms with E-state index < -0.39 is 0 Å². The van der Waals surface area contributed by atoms with E-state index in [2.05, 4.69) is 60.2 Å². The summed E-state index contributed by atoms with van der Waals surface area (Å²) in [6, 6.07) is 2.66. The van der Waals surface area contributed by atoms with Crippen LogP contribution < -0.4 is 10.2 Å². The van der Waals surface area contributed by atoms with Crippen molar-refractivity contribution >= 4 is 11.6 Å². The molecule has 1 N–H and O–H groups in total. The van der Waals surface area contributed by atoms with Gasteiger partial charge in [-0.3, -0.25) is 9.69 Å². The van der Waals surface area contributed by atoms with E-state index in [1.807, 2.05) is 11.0 Å². The van der Waals surface area contributed by atoms with E-state index in [0.29, 0.717) is 25.2 Å². The molecule has 25 heavy (non-hydrogen) atoms. The summed E-state index contributed by atoms with van der Waals surface area (Å²) in [6.45, 7) is 10.3. The number of fused-ring (bicyclic) bond motifs is 1. The van der Waals surface area contributed by atoms with Gasteiger partial charge in [-0.2, -0.15) is 10.2 Å². The van der Waals surface area contributed by atoms with Crippen LogP contribution in [-0.2, 0) is 10.2 Å². The summed E-state index contributed by atoms with van der Waals surface area (Å²) in [5, 5.41) is 11.8. The highest BCUT2D eigenvalue weighted by atomic mass is 16.2. The van der Waals surface area contributed by atoms with E-state index in [1.165, 1.54) is 0 Å². The Kier molecular flexibility index (Phi) is 5.09. The number of carbonyl (C=O) groups is 1. The Hall–Kier alpha value is -1.57. The number of nitrogens with zero attached hydrogens (tertiary/aromatic N) is 5. The topological polar surface area (TPSA) is 64.6 Å². The number of piperazine rings is 1. The van der Waals surface area contributed by atoms with Crippen LogP contribution in [0.2, 0.25) is 0 Å². The number of rotatable bonds is 4. The summed E-state index contributed by atoms with van der Waals surface area (Å²) in [4.78, 5) is 19.5. The smallest absolute Gasteiger partial charge is 0.241 e. The van der Waals surface area contributed by atoms with Crippen LogP contribution in [0.3, 0.4) is 0 Å². The highest BCUT2D eigenvalue weighted by molar-refractivity contribution is 5.97. The molecular weight excluding hydrogens is 316 g/mol. The Balaban J connectivity index is 1.75. The van der Waals surface area contributed by atoms with E-state index in [4.69, 9.17) is 0 Å². The number of nitrogens with one attached hydrogen (secondary N) is 1. The molecule has 0 aliphatic carbocycles. The monoisotopic (exact) mass is 346 g/mol. The summed E-state index contributed by atoms with van der Waals surface area (Å²) < 4.78 is 0. The second kappa shape index (κ2) is 6.97. The molecule has 0 bridgehead atoms. The van der Waals surface area contributed by atoms with Crippen molar-refractivity contribution in [3.63, 3.8) is 0 Å². The summed E-state index contributed by atoms with van der Waals surface area (Å²) in [7, 11) is 4.16. The van der Waals surface area contributed by atoms with Crippen LogP contribution in [0.5, 0.6) is 0 Å². The number of likely N-dealkylation sites (N-methyl/N-ethyl adjacent to an activating group) is 1. The van der Waals surface area contributed by atoms with Gasteiger partial charge in [0, 0.05) is 43.7 Å². The number of hydrogen-bond donors (Lipinski definition) is 1. The van der Waals surface area contributed by atoms with Crippen LogP contribution in [-0.4, -0.2) is 84.8 Å². The molecule has 3 rings (SSSR count). The zero-order valence-corrected chi connectivity index (χ0v) is 16.0. The predicted octanol–water partition coefficient (Wildman–Crippen LogP) is 0.325. The molecule has 1 saturated heterocycles. The molecule has 1 unspecified atom stereocenters. The minimum atomic E-state index is -0.154. The first-order chi connectivity index (χ1) is 11.8. The van der Waals surface area contributed by atoms with Crippen LogP contribution in [0.4, 0.5) is 5.69 Å². The van der Waals surface area contributed by atoms with Crippen molar-refractivity contribution < 1.29 is 4.79 Å². The van der Waals surface area contributed by atoms with E-state index in [0.717, 1.165) is 31.0 Å². The molecule has 7 heteroatoms.